The summed E-state index contributed by atoms with van der Waals surface area (Å²) in [4.78, 5) is 4.34. The number of pyridine rings is 1. The Kier molecular flexibility index (Phi) is 3.32. The minimum absolute atomic E-state index is 0.318. The van der Waals surface area contributed by atoms with Crippen LogP contribution in [0.25, 0.3) is 21.7 Å². The third-order valence-electron chi connectivity index (χ3n) is 3.21. The molecular weight excluding hydrogens is 297 g/mol. The van der Waals surface area contributed by atoms with E-state index in [0.717, 1.165) is 10.8 Å². The molecule has 0 fully saturated rings. The first kappa shape index (κ1) is 13.3. The molecule has 0 saturated carbocycles. The van der Waals surface area contributed by atoms with Crippen LogP contribution in [0.15, 0.2) is 30.3 Å². The predicted octanol–water partition coefficient (Wildman–Crippen LogP) is 4.71. The van der Waals surface area contributed by atoms with E-state index < -0.39 is 0 Å². The third kappa shape index (κ3) is 1.86. The van der Waals surface area contributed by atoms with Crippen LogP contribution in [0.4, 0.5) is 0 Å². The molecule has 20 heavy (non-hydrogen) atoms. The van der Waals surface area contributed by atoms with Gasteiger partial charge in [0.05, 0.1) is 24.6 Å². The summed E-state index contributed by atoms with van der Waals surface area (Å²) in [5.41, 5.74) is 0.598. The van der Waals surface area contributed by atoms with E-state index in [1.54, 1.807) is 20.3 Å². The first-order valence-electron chi connectivity index (χ1n) is 5.95. The Morgan fingerprint density at radius 1 is 0.950 bits per heavy atom. The van der Waals surface area contributed by atoms with Crippen molar-refractivity contribution in [3.05, 3.63) is 40.5 Å². The number of hydrogen-bond acceptors (Lipinski definition) is 3. The summed E-state index contributed by atoms with van der Waals surface area (Å²) >= 11 is 12.3. The Morgan fingerprint density at radius 3 is 2.15 bits per heavy atom. The van der Waals surface area contributed by atoms with Crippen molar-refractivity contribution in [3.63, 3.8) is 0 Å². The van der Waals surface area contributed by atoms with E-state index in [2.05, 4.69) is 4.98 Å². The van der Waals surface area contributed by atoms with Gasteiger partial charge < -0.3 is 9.47 Å². The van der Waals surface area contributed by atoms with Crippen LogP contribution in [0.3, 0.4) is 0 Å². The van der Waals surface area contributed by atoms with Gasteiger partial charge in [-0.05, 0) is 6.07 Å². The molecule has 0 amide bonds. The van der Waals surface area contributed by atoms with Crippen LogP contribution >= 0.6 is 23.2 Å². The molecule has 0 spiro atoms. The SMILES string of the molecule is COc1c2ccccc2c(OC)c2c(Cl)cc(Cl)nc12. The normalized spacial score (nSPS) is 11.0. The fraction of sp³-hybridized carbons (Fsp3) is 0.133. The second kappa shape index (κ2) is 5.00. The maximum absolute atomic E-state index is 6.32. The number of rotatable bonds is 2. The van der Waals surface area contributed by atoms with Gasteiger partial charge in [-0.1, -0.05) is 47.5 Å². The number of ether oxygens (including phenoxy) is 2. The molecule has 0 aliphatic carbocycles. The maximum atomic E-state index is 6.32. The van der Waals surface area contributed by atoms with Gasteiger partial charge >= 0.3 is 0 Å². The highest BCUT2D eigenvalue weighted by atomic mass is 35.5. The molecule has 1 aromatic heterocycles. The lowest BCUT2D eigenvalue weighted by Crippen LogP contribution is -1.95. The minimum Gasteiger partial charge on any atom is -0.495 e. The van der Waals surface area contributed by atoms with Gasteiger partial charge in [0.25, 0.3) is 0 Å². The van der Waals surface area contributed by atoms with Gasteiger partial charge in [-0.3, -0.25) is 0 Å². The van der Waals surface area contributed by atoms with Crippen molar-refractivity contribution < 1.29 is 9.47 Å². The average molecular weight is 308 g/mol. The zero-order chi connectivity index (χ0) is 14.3. The van der Waals surface area contributed by atoms with E-state index in [1.165, 1.54) is 0 Å². The van der Waals surface area contributed by atoms with E-state index in [1.807, 2.05) is 24.3 Å². The number of nitrogens with zero attached hydrogens (tertiary/aromatic N) is 1. The lowest BCUT2D eigenvalue weighted by Gasteiger charge is -2.15. The summed E-state index contributed by atoms with van der Waals surface area (Å²) in [6.45, 7) is 0. The monoisotopic (exact) mass is 307 g/mol. The molecule has 0 bridgehead atoms. The Hall–Kier alpha value is -1.71. The Bertz CT molecular complexity index is 818. The van der Waals surface area contributed by atoms with Crippen molar-refractivity contribution in [3.8, 4) is 11.5 Å². The van der Waals surface area contributed by atoms with Crippen molar-refractivity contribution in [1.29, 1.82) is 0 Å². The maximum Gasteiger partial charge on any atom is 0.153 e. The van der Waals surface area contributed by atoms with E-state index in [4.69, 9.17) is 32.7 Å². The molecule has 102 valence electrons. The highest BCUT2D eigenvalue weighted by molar-refractivity contribution is 6.39. The second-order valence-corrected chi connectivity index (χ2v) is 5.06. The molecule has 2 aromatic carbocycles. The Labute approximate surface area is 126 Å². The van der Waals surface area contributed by atoms with Gasteiger partial charge in [0, 0.05) is 10.8 Å². The first-order chi connectivity index (χ1) is 9.67. The van der Waals surface area contributed by atoms with Crippen LogP contribution < -0.4 is 9.47 Å². The van der Waals surface area contributed by atoms with Crippen LogP contribution in [0.1, 0.15) is 0 Å². The van der Waals surface area contributed by atoms with E-state index in [0.29, 0.717) is 32.6 Å². The molecule has 0 N–H and O–H groups in total. The van der Waals surface area contributed by atoms with Crippen LogP contribution in [0, 0.1) is 0 Å². The predicted molar refractivity (Wildman–Crippen MR) is 82.4 cm³/mol. The molecule has 0 aliphatic heterocycles. The Morgan fingerprint density at radius 2 is 1.55 bits per heavy atom. The molecule has 3 rings (SSSR count). The average Bonchev–Trinajstić information content (AvgIpc) is 2.44. The first-order valence-corrected chi connectivity index (χ1v) is 6.71. The molecule has 5 heteroatoms. The van der Waals surface area contributed by atoms with Crippen LogP contribution in [0.5, 0.6) is 11.5 Å². The van der Waals surface area contributed by atoms with Crippen molar-refractivity contribution in [2.45, 2.75) is 0 Å². The van der Waals surface area contributed by atoms with Gasteiger partial charge in [0.1, 0.15) is 16.4 Å². The number of fused-ring (bicyclic) bond motifs is 2. The highest BCUT2D eigenvalue weighted by Crippen LogP contribution is 2.44. The fourth-order valence-electron chi connectivity index (χ4n) is 2.43. The van der Waals surface area contributed by atoms with Gasteiger partial charge in [0.2, 0.25) is 0 Å². The molecule has 0 radical (unpaired) electrons. The number of hydrogen-bond donors (Lipinski definition) is 0. The quantitative estimate of drug-likeness (QED) is 0.507. The van der Waals surface area contributed by atoms with Gasteiger partial charge in [0.15, 0.2) is 5.75 Å². The zero-order valence-corrected chi connectivity index (χ0v) is 12.4. The van der Waals surface area contributed by atoms with Crippen molar-refractivity contribution in [2.24, 2.45) is 0 Å². The molecule has 1 heterocycles. The summed E-state index contributed by atoms with van der Waals surface area (Å²) in [5, 5.41) is 3.34. The smallest absolute Gasteiger partial charge is 0.153 e. The number of benzene rings is 2. The van der Waals surface area contributed by atoms with Crippen molar-refractivity contribution in [1.82, 2.24) is 4.98 Å². The number of aromatic nitrogens is 1. The summed E-state index contributed by atoms with van der Waals surface area (Å²) in [7, 11) is 3.21. The van der Waals surface area contributed by atoms with Crippen molar-refractivity contribution >= 4 is 44.9 Å². The molecule has 3 aromatic rings. The van der Waals surface area contributed by atoms with Crippen LogP contribution in [-0.2, 0) is 0 Å². The van der Waals surface area contributed by atoms with E-state index in [-0.39, 0.29) is 0 Å². The highest BCUT2D eigenvalue weighted by Gasteiger charge is 2.19. The third-order valence-corrected chi connectivity index (χ3v) is 3.70. The fourth-order valence-corrected chi connectivity index (χ4v) is 2.95. The zero-order valence-electron chi connectivity index (χ0n) is 10.9. The number of methoxy groups -OCH3 is 2. The van der Waals surface area contributed by atoms with E-state index in [9.17, 15) is 0 Å². The molecule has 0 unspecified atom stereocenters. The molecule has 0 aliphatic rings. The topological polar surface area (TPSA) is 31.4 Å². The molecular formula is C15H11Cl2NO2. The summed E-state index contributed by atoms with van der Waals surface area (Å²) in [6, 6.07) is 9.38. The second-order valence-electron chi connectivity index (χ2n) is 4.26. The lowest BCUT2D eigenvalue weighted by atomic mass is 10.0. The standard InChI is InChI=1S/C15H11Cl2NO2/c1-19-14-8-5-3-4-6-9(8)15(20-2)13-12(14)10(16)7-11(17)18-13/h3-7H,1-2H3. The summed E-state index contributed by atoms with van der Waals surface area (Å²) in [6.07, 6.45) is 0. The summed E-state index contributed by atoms with van der Waals surface area (Å²) < 4.78 is 11.1. The van der Waals surface area contributed by atoms with E-state index >= 15 is 0 Å². The number of halogens is 2. The molecule has 0 atom stereocenters. The van der Waals surface area contributed by atoms with Gasteiger partial charge in [-0.25, -0.2) is 4.98 Å². The van der Waals surface area contributed by atoms with Crippen LogP contribution in [-0.4, -0.2) is 19.2 Å². The molecule has 0 saturated heterocycles. The minimum atomic E-state index is 0.318. The molecule has 3 nitrogen and oxygen atoms in total. The Balaban J connectivity index is 2.65. The van der Waals surface area contributed by atoms with Crippen molar-refractivity contribution in [2.75, 3.05) is 14.2 Å². The van der Waals surface area contributed by atoms with Gasteiger partial charge in [-0.2, -0.15) is 0 Å². The van der Waals surface area contributed by atoms with Gasteiger partial charge in [-0.15, -0.1) is 0 Å². The van der Waals surface area contributed by atoms with Crippen LogP contribution in [0.2, 0.25) is 10.2 Å². The summed E-state index contributed by atoms with van der Waals surface area (Å²) in [5.74, 6) is 1.31. The largest absolute Gasteiger partial charge is 0.495 e. The lowest BCUT2D eigenvalue weighted by molar-refractivity contribution is 0.417.